The van der Waals surface area contributed by atoms with E-state index in [0.29, 0.717) is 6.54 Å². The Bertz CT molecular complexity index is 700. The van der Waals surface area contributed by atoms with Crippen molar-refractivity contribution < 1.29 is 0 Å². The highest BCUT2D eigenvalue weighted by molar-refractivity contribution is 7.13. The number of thiophene rings is 1. The molecule has 5 heteroatoms. The zero-order chi connectivity index (χ0) is 13.9. The molecule has 2 heterocycles. The number of benzene rings is 1. The molecule has 0 radical (unpaired) electrons. The maximum absolute atomic E-state index is 5.69. The zero-order valence-electron chi connectivity index (χ0n) is 11.3. The summed E-state index contributed by atoms with van der Waals surface area (Å²) >= 11 is 1.65. The van der Waals surface area contributed by atoms with Gasteiger partial charge in [0.1, 0.15) is 0 Å². The van der Waals surface area contributed by atoms with E-state index in [1.807, 2.05) is 41.4 Å². The number of aromatic nitrogens is 3. The Morgan fingerprint density at radius 1 is 1.20 bits per heavy atom. The Balaban J connectivity index is 2.07. The third-order valence-electron chi connectivity index (χ3n) is 3.18. The number of aryl methyl sites for hydroxylation is 1. The van der Waals surface area contributed by atoms with Gasteiger partial charge in [0.15, 0.2) is 11.6 Å². The van der Waals surface area contributed by atoms with Crippen molar-refractivity contribution in [2.75, 3.05) is 6.54 Å². The topological polar surface area (TPSA) is 56.7 Å². The monoisotopic (exact) mass is 284 g/mol. The minimum atomic E-state index is 0.632. The van der Waals surface area contributed by atoms with E-state index < -0.39 is 0 Å². The van der Waals surface area contributed by atoms with Gasteiger partial charge in [-0.1, -0.05) is 30.3 Å². The fraction of sp³-hybridized carbons (Fsp3) is 0.200. The largest absolute Gasteiger partial charge is 0.330 e. The molecule has 2 N–H and O–H groups in total. The highest BCUT2D eigenvalue weighted by Crippen LogP contribution is 2.27. The van der Waals surface area contributed by atoms with Crippen LogP contribution in [0.1, 0.15) is 5.56 Å². The summed E-state index contributed by atoms with van der Waals surface area (Å²) in [4.78, 5) is 5.77. The summed E-state index contributed by atoms with van der Waals surface area (Å²) in [6.45, 7) is 0.632. The van der Waals surface area contributed by atoms with Crippen LogP contribution in [0.5, 0.6) is 0 Å². The lowest BCUT2D eigenvalue weighted by atomic mass is 10.0. The summed E-state index contributed by atoms with van der Waals surface area (Å²) in [6, 6.07) is 12.3. The third-order valence-corrected chi connectivity index (χ3v) is 4.04. The number of nitrogens with two attached hydrogens (primary N) is 1. The molecule has 0 atom stereocenters. The summed E-state index contributed by atoms with van der Waals surface area (Å²) in [5, 5.41) is 6.55. The molecule has 0 unspecified atom stereocenters. The van der Waals surface area contributed by atoms with E-state index in [0.717, 1.165) is 28.5 Å². The molecular formula is C15H16N4S. The molecule has 20 heavy (non-hydrogen) atoms. The van der Waals surface area contributed by atoms with E-state index in [-0.39, 0.29) is 0 Å². The van der Waals surface area contributed by atoms with Crippen molar-refractivity contribution in [1.82, 2.24) is 14.8 Å². The molecule has 2 aromatic heterocycles. The van der Waals surface area contributed by atoms with Crippen LogP contribution >= 0.6 is 11.3 Å². The Labute approximate surface area is 121 Å². The molecule has 0 bridgehead atoms. The Morgan fingerprint density at radius 2 is 2.05 bits per heavy atom. The van der Waals surface area contributed by atoms with Crippen LogP contribution in [0.3, 0.4) is 0 Å². The summed E-state index contributed by atoms with van der Waals surface area (Å²) in [7, 11) is 1.93. The summed E-state index contributed by atoms with van der Waals surface area (Å²) < 4.78 is 1.84. The Hall–Kier alpha value is -1.98. The third kappa shape index (κ3) is 2.37. The maximum atomic E-state index is 5.69. The Kier molecular flexibility index (Phi) is 3.62. The molecule has 4 nitrogen and oxygen atoms in total. The molecule has 0 amide bonds. The van der Waals surface area contributed by atoms with Gasteiger partial charge in [-0.25, -0.2) is 9.67 Å². The molecule has 3 aromatic rings. The van der Waals surface area contributed by atoms with Crippen LogP contribution in [0, 0.1) is 0 Å². The van der Waals surface area contributed by atoms with Gasteiger partial charge in [0.25, 0.3) is 0 Å². The average molecular weight is 284 g/mol. The molecule has 0 saturated carbocycles. The molecule has 0 spiro atoms. The number of rotatable bonds is 4. The molecule has 0 aliphatic carbocycles. The van der Waals surface area contributed by atoms with E-state index in [1.54, 1.807) is 11.3 Å². The predicted octanol–water partition coefficient (Wildman–Crippen LogP) is 2.71. The van der Waals surface area contributed by atoms with Crippen LogP contribution < -0.4 is 5.73 Å². The maximum Gasteiger partial charge on any atom is 0.191 e. The predicted molar refractivity (Wildman–Crippen MR) is 82.5 cm³/mol. The van der Waals surface area contributed by atoms with E-state index in [4.69, 9.17) is 5.73 Å². The van der Waals surface area contributed by atoms with Crippen LogP contribution in [0.15, 0.2) is 41.8 Å². The van der Waals surface area contributed by atoms with Crippen LogP contribution in [0.4, 0.5) is 0 Å². The normalized spacial score (nSPS) is 10.9. The molecule has 0 aliphatic rings. The molecule has 3 rings (SSSR count). The second-order valence-electron chi connectivity index (χ2n) is 4.56. The van der Waals surface area contributed by atoms with Gasteiger partial charge in [0.05, 0.1) is 4.88 Å². The number of hydrogen-bond acceptors (Lipinski definition) is 4. The van der Waals surface area contributed by atoms with Crippen LogP contribution in [0.2, 0.25) is 0 Å². The number of nitrogens with zero attached hydrogens (tertiary/aromatic N) is 3. The fourth-order valence-electron chi connectivity index (χ4n) is 2.24. The molecule has 0 saturated heterocycles. The Morgan fingerprint density at radius 3 is 2.80 bits per heavy atom. The van der Waals surface area contributed by atoms with E-state index in [2.05, 4.69) is 22.2 Å². The lowest BCUT2D eigenvalue weighted by molar-refractivity contribution is 0.776. The van der Waals surface area contributed by atoms with Crippen LogP contribution in [-0.4, -0.2) is 21.3 Å². The van der Waals surface area contributed by atoms with Gasteiger partial charge < -0.3 is 5.73 Å². The summed E-state index contributed by atoms with van der Waals surface area (Å²) in [5.41, 5.74) is 8.01. The van der Waals surface area contributed by atoms with Gasteiger partial charge in [0, 0.05) is 12.6 Å². The minimum absolute atomic E-state index is 0.632. The van der Waals surface area contributed by atoms with Crippen molar-refractivity contribution in [2.45, 2.75) is 6.42 Å². The second kappa shape index (κ2) is 5.56. The lowest BCUT2D eigenvalue weighted by Gasteiger charge is -2.07. The van der Waals surface area contributed by atoms with Crippen molar-refractivity contribution >= 4 is 11.3 Å². The fourth-order valence-corrected chi connectivity index (χ4v) is 2.89. The number of hydrogen-bond donors (Lipinski definition) is 1. The van der Waals surface area contributed by atoms with E-state index in [1.165, 1.54) is 5.56 Å². The molecule has 0 aliphatic heterocycles. The first-order valence-electron chi connectivity index (χ1n) is 6.53. The average Bonchev–Trinajstić information content (AvgIpc) is 3.09. The van der Waals surface area contributed by atoms with Gasteiger partial charge in [-0.2, -0.15) is 0 Å². The molecular weight excluding hydrogens is 268 g/mol. The smallest absolute Gasteiger partial charge is 0.191 e. The lowest BCUT2D eigenvalue weighted by Crippen LogP contribution is -2.05. The van der Waals surface area contributed by atoms with E-state index in [9.17, 15) is 0 Å². The quantitative estimate of drug-likeness (QED) is 0.801. The standard InChI is InChI=1S/C15H16N4S/c1-19-15(12-6-3-2-5-11(12)8-9-16)17-14(18-19)13-7-4-10-20-13/h2-7,10H,8-9,16H2,1H3. The van der Waals surface area contributed by atoms with Gasteiger partial charge in [-0.05, 0) is 30.0 Å². The first-order chi connectivity index (χ1) is 9.79. The van der Waals surface area contributed by atoms with Gasteiger partial charge in [0.2, 0.25) is 0 Å². The summed E-state index contributed by atoms with van der Waals surface area (Å²) in [5.74, 6) is 1.66. The highest BCUT2D eigenvalue weighted by atomic mass is 32.1. The SMILES string of the molecule is Cn1nc(-c2cccs2)nc1-c1ccccc1CCN. The van der Waals surface area contributed by atoms with Crippen LogP contribution in [0.25, 0.3) is 22.1 Å². The molecule has 1 aromatic carbocycles. The summed E-state index contributed by atoms with van der Waals surface area (Å²) in [6.07, 6.45) is 0.845. The first-order valence-corrected chi connectivity index (χ1v) is 7.41. The zero-order valence-corrected chi connectivity index (χ0v) is 12.1. The molecule has 102 valence electrons. The van der Waals surface area contributed by atoms with Crippen molar-refractivity contribution in [3.05, 3.63) is 47.3 Å². The van der Waals surface area contributed by atoms with Crippen molar-refractivity contribution in [3.63, 3.8) is 0 Å². The van der Waals surface area contributed by atoms with Gasteiger partial charge in [-0.15, -0.1) is 16.4 Å². The second-order valence-corrected chi connectivity index (χ2v) is 5.50. The first kappa shape index (κ1) is 13.0. The van der Waals surface area contributed by atoms with Crippen molar-refractivity contribution in [2.24, 2.45) is 12.8 Å². The van der Waals surface area contributed by atoms with Gasteiger partial charge >= 0.3 is 0 Å². The van der Waals surface area contributed by atoms with E-state index >= 15 is 0 Å². The highest BCUT2D eigenvalue weighted by Gasteiger charge is 2.14. The van der Waals surface area contributed by atoms with Gasteiger partial charge in [-0.3, -0.25) is 0 Å². The minimum Gasteiger partial charge on any atom is -0.330 e. The molecule has 0 fully saturated rings. The van der Waals surface area contributed by atoms with Crippen LogP contribution in [-0.2, 0) is 13.5 Å². The van der Waals surface area contributed by atoms with Crippen molar-refractivity contribution in [1.29, 1.82) is 0 Å². The van der Waals surface area contributed by atoms with Crippen molar-refractivity contribution in [3.8, 4) is 22.1 Å².